The van der Waals surface area contributed by atoms with E-state index in [0.29, 0.717) is 5.82 Å². The zero-order valence-corrected chi connectivity index (χ0v) is 22.5. The minimum atomic E-state index is -3.12. The molecule has 2 aromatic carbocycles. The Morgan fingerprint density at radius 3 is 2.35 bits per heavy atom. The first kappa shape index (κ1) is 26.7. The van der Waals surface area contributed by atoms with E-state index in [4.69, 9.17) is 5.41 Å². The molecule has 1 aliphatic heterocycles. The highest BCUT2D eigenvalue weighted by Gasteiger charge is 2.25. The standard InChI is InChI=1S/C25H23FIN5O4S/c26-20-13-17(23(28)32-9-11-37(35,36)12-10-32)6-7-18(20)24(33)30-21-4-2-1-3-19(21)25(34)31-22-8-5-16(14-27)15-29-22/h1-8,13,15,28H,9-12,14H2,(H,30,33)(H,29,31,34). The van der Waals surface area contributed by atoms with Crippen LogP contribution in [0.3, 0.4) is 0 Å². The van der Waals surface area contributed by atoms with Gasteiger partial charge in [0.05, 0.1) is 28.3 Å². The Kier molecular flexibility index (Phi) is 8.17. The number of carbonyl (C=O) groups is 2. The van der Waals surface area contributed by atoms with Crippen LogP contribution in [0.15, 0.2) is 60.8 Å². The molecule has 192 valence electrons. The van der Waals surface area contributed by atoms with Crippen molar-refractivity contribution < 1.29 is 22.4 Å². The van der Waals surface area contributed by atoms with E-state index < -0.39 is 27.5 Å². The number of pyridine rings is 1. The minimum Gasteiger partial charge on any atom is -0.355 e. The Bertz CT molecular complexity index is 1450. The molecule has 0 aliphatic carbocycles. The highest BCUT2D eigenvalue weighted by molar-refractivity contribution is 14.1. The van der Waals surface area contributed by atoms with E-state index in [1.807, 2.05) is 6.07 Å². The van der Waals surface area contributed by atoms with Gasteiger partial charge in [-0.1, -0.05) is 46.9 Å². The maximum Gasteiger partial charge on any atom is 0.258 e. The molecular weight excluding hydrogens is 612 g/mol. The fraction of sp³-hybridized carbons (Fsp3) is 0.200. The normalized spacial score (nSPS) is 14.6. The number of amides is 2. The number of benzene rings is 2. The second kappa shape index (κ2) is 11.3. The molecule has 0 unspecified atom stereocenters. The largest absolute Gasteiger partial charge is 0.355 e. The second-order valence-electron chi connectivity index (χ2n) is 8.32. The van der Waals surface area contributed by atoms with Crippen molar-refractivity contribution in [1.82, 2.24) is 9.88 Å². The van der Waals surface area contributed by atoms with E-state index in [1.54, 1.807) is 29.3 Å². The molecule has 1 fully saturated rings. The molecule has 4 rings (SSSR count). The summed E-state index contributed by atoms with van der Waals surface area (Å²) in [6, 6.07) is 13.7. The van der Waals surface area contributed by atoms with Crippen LogP contribution in [0.4, 0.5) is 15.9 Å². The van der Waals surface area contributed by atoms with Crippen LogP contribution in [0.2, 0.25) is 0 Å². The molecule has 1 aromatic heterocycles. The Labute approximate surface area is 227 Å². The number of aromatic nitrogens is 1. The van der Waals surface area contributed by atoms with Gasteiger partial charge < -0.3 is 15.5 Å². The van der Waals surface area contributed by atoms with Crippen LogP contribution in [0.1, 0.15) is 31.8 Å². The fourth-order valence-corrected chi connectivity index (χ4v) is 5.36. The number of sulfone groups is 1. The van der Waals surface area contributed by atoms with Crippen molar-refractivity contribution in [3.05, 3.63) is 88.9 Å². The van der Waals surface area contributed by atoms with Crippen LogP contribution in [0.25, 0.3) is 0 Å². The van der Waals surface area contributed by atoms with Crippen LogP contribution in [0.5, 0.6) is 0 Å². The predicted molar refractivity (Wildman–Crippen MR) is 148 cm³/mol. The van der Waals surface area contributed by atoms with Crippen molar-refractivity contribution in [2.45, 2.75) is 4.43 Å². The van der Waals surface area contributed by atoms with E-state index in [1.165, 1.54) is 24.3 Å². The van der Waals surface area contributed by atoms with Crippen LogP contribution >= 0.6 is 22.6 Å². The van der Waals surface area contributed by atoms with Gasteiger partial charge in [0.25, 0.3) is 11.8 Å². The summed E-state index contributed by atoms with van der Waals surface area (Å²) in [6.07, 6.45) is 1.66. The van der Waals surface area contributed by atoms with Crippen molar-refractivity contribution in [2.75, 3.05) is 35.2 Å². The van der Waals surface area contributed by atoms with Crippen molar-refractivity contribution in [2.24, 2.45) is 0 Å². The topological polar surface area (TPSA) is 132 Å². The lowest BCUT2D eigenvalue weighted by Crippen LogP contribution is -2.43. The molecule has 0 radical (unpaired) electrons. The number of para-hydroxylation sites is 1. The van der Waals surface area contributed by atoms with Gasteiger partial charge in [0.2, 0.25) is 0 Å². The van der Waals surface area contributed by atoms with Crippen molar-refractivity contribution in [3.8, 4) is 0 Å². The Hall–Kier alpha value is -3.39. The summed E-state index contributed by atoms with van der Waals surface area (Å²) in [7, 11) is -3.12. The lowest BCUT2D eigenvalue weighted by Gasteiger charge is -2.29. The maximum absolute atomic E-state index is 14.9. The zero-order chi connectivity index (χ0) is 26.6. The highest BCUT2D eigenvalue weighted by atomic mass is 127. The molecule has 0 saturated carbocycles. The van der Waals surface area contributed by atoms with E-state index >= 15 is 0 Å². The van der Waals surface area contributed by atoms with Gasteiger partial charge in [-0.15, -0.1) is 0 Å². The van der Waals surface area contributed by atoms with Crippen LogP contribution in [-0.4, -0.2) is 60.5 Å². The summed E-state index contributed by atoms with van der Waals surface area (Å²) in [5.74, 6) is -1.87. The number of carbonyl (C=O) groups excluding carboxylic acids is 2. The lowest BCUT2D eigenvalue weighted by atomic mass is 10.1. The molecular formula is C25H23FIN5O4S. The number of hydrogen-bond acceptors (Lipinski definition) is 6. The lowest BCUT2D eigenvalue weighted by molar-refractivity contribution is 0.102. The van der Waals surface area contributed by atoms with Crippen LogP contribution < -0.4 is 10.6 Å². The van der Waals surface area contributed by atoms with Gasteiger partial charge in [-0.2, -0.15) is 0 Å². The second-order valence-corrected chi connectivity index (χ2v) is 11.4. The summed E-state index contributed by atoms with van der Waals surface area (Å²) in [5, 5.41) is 13.6. The highest BCUT2D eigenvalue weighted by Crippen LogP contribution is 2.20. The first-order valence-corrected chi connectivity index (χ1v) is 14.6. The molecule has 9 nitrogen and oxygen atoms in total. The van der Waals surface area contributed by atoms with Crippen molar-refractivity contribution in [3.63, 3.8) is 0 Å². The molecule has 0 atom stereocenters. The Morgan fingerprint density at radius 2 is 1.70 bits per heavy atom. The maximum atomic E-state index is 14.9. The monoisotopic (exact) mass is 635 g/mol. The third-order valence-electron chi connectivity index (χ3n) is 5.79. The van der Waals surface area contributed by atoms with Gasteiger partial charge in [0, 0.05) is 29.3 Å². The van der Waals surface area contributed by atoms with Gasteiger partial charge >= 0.3 is 0 Å². The van der Waals surface area contributed by atoms with Gasteiger partial charge in [0.15, 0.2) is 9.84 Å². The summed E-state index contributed by atoms with van der Waals surface area (Å²) in [6.45, 7) is 0.309. The van der Waals surface area contributed by atoms with Gasteiger partial charge in [-0.25, -0.2) is 17.8 Å². The summed E-state index contributed by atoms with van der Waals surface area (Å²) >= 11 is 2.21. The van der Waals surface area contributed by atoms with E-state index in [2.05, 4.69) is 38.2 Å². The van der Waals surface area contributed by atoms with Crippen LogP contribution in [0, 0.1) is 11.2 Å². The molecule has 1 aliphatic rings. The average Bonchev–Trinajstić information content (AvgIpc) is 2.89. The molecule has 1 saturated heterocycles. The molecule has 3 aromatic rings. The number of nitrogens with zero attached hydrogens (tertiary/aromatic N) is 2. The number of nitrogens with one attached hydrogen (secondary N) is 3. The van der Waals surface area contributed by atoms with Crippen molar-refractivity contribution >= 4 is 61.6 Å². The SMILES string of the molecule is N=C(c1ccc(C(=O)Nc2ccccc2C(=O)Nc2ccc(CI)cn2)c(F)c1)N1CCS(=O)(=O)CC1. The Balaban J connectivity index is 1.47. The molecule has 2 amide bonds. The van der Waals surface area contributed by atoms with Crippen molar-refractivity contribution in [1.29, 1.82) is 5.41 Å². The van der Waals surface area contributed by atoms with Gasteiger partial charge in [-0.05, 0) is 35.9 Å². The third-order valence-corrected chi connectivity index (χ3v) is 8.28. The molecule has 37 heavy (non-hydrogen) atoms. The van der Waals surface area contributed by atoms with E-state index in [9.17, 15) is 22.4 Å². The molecule has 0 bridgehead atoms. The number of alkyl halides is 1. The first-order chi connectivity index (χ1) is 17.7. The minimum absolute atomic E-state index is 0.0112. The molecule has 12 heteroatoms. The van der Waals surface area contributed by atoms with Gasteiger partial charge in [-0.3, -0.25) is 15.0 Å². The quantitative estimate of drug-likeness (QED) is 0.164. The number of halogens is 2. The summed E-state index contributed by atoms with van der Waals surface area (Å²) < 4.78 is 38.9. The number of hydrogen-bond donors (Lipinski definition) is 3. The Morgan fingerprint density at radius 1 is 1.00 bits per heavy atom. The van der Waals surface area contributed by atoms with E-state index in [-0.39, 0.29) is 52.8 Å². The molecule has 2 heterocycles. The fourth-order valence-electron chi connectivity index (χ4n) is 3.71. The smallest absolute Gasteiger partial charge is 0.258 e. The predicted octanol–water partition coefficient (Wildman–Crippen LogP) is 3.72. The number of anilines is 2. The number of rotatable bonds is 6. The number of amidine groups is 1. The van der Waals surface area contributed by atoms with Gasteiger partial charge in [0.1, 0.15) is 17.5 Å². The zero-order valence-electron chi connectivity index (χ0n) is 19.5. The van der Waals surface area contributed by atoms with Crippen LogP contribution in [-0.2, 0) is 14.3 Å². The molecule has 3 N–H and O–H groups in total. The summed E-state index contributed by atoms with van der Waals surface area (Å²) in [4.78, 5) is 31.5. The molecule has 0 spiro atoms. The first-order valence-electron chi connectivity index (χ1n) is 11.2. The third kappa shape index (κ3) is 6.49. The average molecular weight is 635 g/mol. The van der Waals surface area contributed by atoms with E-state index in [0.717, 1.165) is 16.1 Å². The summed E-state index contributed by atoms with van der Waals surface area (Å²) in [5.41, 5.74) is 1.35.